The molecule has 2 aromatic carbocycles. The van der Waals surface area contributed by atoms with Crippen molar-refractivity contribution in [1.82, 2.24) is 0 Å². The molecule has 1 atom stereocenters. The number of nitro groups is 2. The van der Waals surface area contributed by atoms with Gasteiger partial charge in [-0.05, 0) is 46.6 Å². The zero-order chi connectivity index (χ0) is 23.0. The Hall–Kier alpha value is -3.70. The van der Waals surface area contributed by atoms with E-state index in [0.29, 0.717) is 11.1 Å². The largest absolute Gasteiger partial charge is 0.612 e. The van der Waals surface area contributed by atoms with Crippen molar-refractivity contribution in [3.8, 4) is 11.5 Å². The third-order valence-electron chi connectivity index (χ3n) is 3.96. The molecule has 31 heavy (non-hydrogen) atoms. The summed E-state index contributed by atoms with van der Waals surface area (Å²) < 4.78 is 21.9. The van der Waals surface area contributed by atoms with Crippen molar-refractivity contribution in [2.45, 2.75) is 0 Å². The number of benzene rings is 2. The van der Waals surface area contributed by atoms with E-state index in [0.717, 1.165) is 0 Å². The molecule has 0 aromatic heterocycles. The van der Waals surface area contributed by atoms with Crippen LogP contribution in [0.4, 0.5) is 11.4 Å². The number of nitro benzene ring substituents is 2. The number of rotatable bonds is 10. The molecule has 0 N–H and O–H groups in total. The average molecular weight is 446 g/mol. The lowest BCUT2D eigenvalue weighted by Crippen LogP contribution is -2.11. The first-order valence-corrected chi connectivity index (χ1v) is 10.0. The lowest BCUT2D eigenvalue weighted by atomic mass is 10.1. The molecule has 0 saturated heterocycles. The summed E-state index contributed by atoms with van der Waals surface area (Å²) in [6, 6.07) is 8.46. The number of ketones is 1. The molecule has 0 saturated carbocycles. The zero-order valence-electron chi connectivity index (χ0n) is 16.5. The van der Waals surface area contributed by atoms with Gasteiger partial charge in [-0.1, -0.05) is 18.2 Å². The number of allylic oxidation sites excluding steroid dienone is 1. The maximum Gasteiger partial charge on any atom is 0.311 e. The number of carbonyl (C=O) groups excluding carboxylic acids is 1. The second kappa shape index (κ2) is 10.9. The van der Waals surface area contributed by atoms with Crippen LogP contribution in [-0.4, -0.2) is 40.2 Å². The SMILES string of the molecule is COc1ccc(C=C[S+]([O-])CC(=O)/C=C/c2ccc(OC)c([N+](=O)[O-])c2)cc1[N+](=O)[O-]. The fraction of sp³-hybridized carbons (Fsp3) is 0.150. The second-order valence-corrected chi connectivity index (χ2v) is 7.33. The van der Waals surface area contributed by atoms with Gasteiger partial charge in [0.05, 0.1) is 24.1 Å². The molecule has 11 heteroatoms. The highest BCUT2D eigenvalue weighted by molar-refractivity contribution is 7.95. The van der Waals surface area contributed by atoms with Crippen LogP contribution in [0.5, 0.6) is 11.5 Å². The molecular weight excluding hydrogens is 428 g/mol. The molecule has 1 unspecified atom stereocenters. The average Bonchev–Trinajstić information content (AvgIpc) is 2.75. The number of nitrogens with zero attached hydrogens (tertiary/aromatic N) is 2. The number of hydrogen-bond donors (Lipinski definition) is 0. The highest BCUT2D eigenvalue weighted by atomic mass is 32.2. The molecule has 0 spiro atoms. The maximum absolute atomic E-state index is 12.1. The summed E-state index contributed by atoms with van der Waals surface area (Å²) in [5, 5.41) is 23.3. The molecule has 0 fully saturated rings. The Morgan fingerprint density at radius 2 is 1.42 bits per heavy atom. The fourth-order valence-corrected chi connectivity index (χ4v) is 3.27. The van der Waals surface area contributed by atoms with Gasteiger partial charge in [-0.2, -0.15) is 0 Å². The normalized spacial score (nSPS) is 12.1. The first-order chi connectivity index (χ1) is 14.7. The van der Waals surface area contributed by atoms with Crippen molar-refractivity contribution in [2.75, 3.05) is 20.0 Å². The smallest absolute Gasteiger partial charge is 0.311 e. The van der Waals surface area contributed by atoms with Gasteiger partial charge in [-0.3, -0.25) is 25.0 Å². The number of ether oxygens (including phenoxy) is 2. The van der Waals surface area contributed by atoms with Crippen LogP contribution < -0.4 is 9.47 Å². The summed E-state index contributed by atoms with van der Waals surface area (Å²) in [4.78, 5) is 32.9. The Labute approximate surface area is 180 Å². The van der Waals surface area contributed by atoms with Gasteiger partial charge >= 0.3 is 11.4 Å². The van der Waals surface area contributed by atoms with Gasteiger partial charge in [-0.25, -0.2) is 0 Å². The van der Waals surface area contributed by atoms with Crippen LogP contribution in [-0.2, 0) is 16.0 Å². The molecule has 0 aliphatic heterocycles. The van der Waals surface area contributed by atoms with E-state index in [9.17, 15) is 29.6 Å². The van der Waals surface area contributed by atoms with Crippen LogP contribution in [0.25, 0.3) is 12.2 Å². The monoisotopic (exact) mass is 446 g/mol. The fourth-order valence-electron chi connectivity index (χ4n) is 2.49. The molecule has 0 radical (unpaired) electrons. The predicted octanol–water partition coefficient (Wildman–Crippen LogP) is 3.52. The van der Waals surface area contributed by atoms with E-state index in [1.807, 2.05) is 0 Å². The summed E-state index contributed by atoms with van der Waals surface area (Å²) >= 11 is -1.66. The second-order valence-electron chi connectivity index (χ2n) is 6.00. The first kappa shape index (κ1) is 23.6. The molecule has 10 nitrogen and oxygen atoms in total. The number of methoxy groups -OCH3 is 2. The van der Waals surface area contributed by atoms with E-state index in [4.69, 9.17) is 9.47 Å². The molecule has 2 aromatic rings. The summed E-state index contributed by atoms with van der Waals surface area (Å²) in [7, 11) is 2.63. The topological polar surface area (TPSA) is 145 Å². The van der Waals surface area contributed by atoms with Crippen molar-refractivity contribution < 1.29 is 28.7 Å². The quantitative estimate of drug-likeness (QED) is 0.233. The molecule has 0 aliphatic carbocycles. The summed E-state index contributed by atoms with van der Waals surface area (Å²) in [6.07, 6.45) is 3.96. The van der Waals surface area contributed by atoms with E-state index < -0.39 is 26.8 Å². The van der Waals surface area contributed by atoms with Gasteiger partial charge in [0.25, 0.3) is 0 Å². The highest BCUT2D eigenvalue weighted by Crippen LogP contribution is 2.29. The first-order valence-electron chi connectivity index (χ1n) is 8.66. The Morgan fingerprint density at radius 3 is 1.87 bits per heavy atom. The molecule has 0 bridgehead atoms. The summed E-state index contributed by atoms with van der Waals surface area (Å²) in [6.45, 7) is 0. The number of hydrogen-bond acceptors (Lipinski definition) is 8. The Balaban J connectivity index is 2.03. The van der Waals surface area contributed by atoms with Gasteiger partial charge in [0.15, 0.2) is 17.3 Å². The Kier molecular flexibility index (Phi) is 8.29. The van der Waals surface area contributed by atoms with E-state index >= 15 is 0 Å². The van der Waals surface area contributed by atoms with Gasteiger partial charge in [0.2, 0.25) is 5.78 Å². The van der Waals surface area contributed by atoms with Crippen molar-refractivity contribution in [2.24, 2.45) is 0 Å². The van der Waals surface area contributed by atoms with Gasteiger partial charge in [0.1, 0.15) is 5.41 Å². The van der Waals surface area contributed by atoms with Crippen LogP contribution in [0, 0.1) is 20.2 Å². The van der Waals surface area contributed by atoms with Crippen molar-refractivity contribution in [3.63, 3.8) is 0 Å². The molecule has 0 amide bonds. The minimum Gasteiger partial charge on any atom is -0.612 e. The molecule has 0 heterocycles. The van der Waals surface area contributed by atoms with Crippen LogP contribution in [0.2, 0.25) is 0 Å². The van der Waals surface area contributed by atoms with E-state index in [1.54, 1.807) is 12.1 Å². The Bertz CT molecular complexity index is 1050. The number of carbonyl (C=O) groups is 1. The van der Waals surface area contributed by atoms with E-state index in [2.05, 4.69) is 0 Å². The molecular formula is C20H18N2O8S. The van der Waals surface area contributed by atoms with Crippen LogP contribution in [0.3, 0.4) is 0 Å². The lowest BCUT2D eigenvalue weighted by molar-refractivity contribution is -0.385. The standard InChI is InChI=1S/C20H18N2O8S/c1-29-19-7-4-14(11-17(19)21(24)25)3-6-16(23)13-31(28)10-9-15-5-8-20(30-2)18(12-15)22(26)27/h3-12H,13H2,1-2H3/b6-3+,10-9?. The predicted molar refractivity (Wildman–Crippen MR) is 115 cm³/mol. The van der Waals surface area contributed by atoms with Crippen LogP contribution in [0.1, 0.15) is 11.1 Å². The molecule has 2 rings (SSSR count). The minimum absolute atomic E-state index is 0.0958. The highest BCUT2D eigenvalue weighted by Gasteiger charge is 2.16. The van der Waals surface area contributed by atoms with Crippen LogP contribution in [0.15, 0.2) is 47.9 Å². The lowest BCUT2D eigenvalue weighted by Gasteiger charge is -2.04. The van der Waals surface area contributed by atoms with E-state index in [1.165, 1.54) is 62.1 Å². The van der Waals surface area contributed by atoms with Gasteiger partial charge < -0.3 is 14.0 Å². The molecule has 0 aliphatic rings. The van der Waals surface area contributed by atoms with Crippen molar-refractivity contribution in [1.29, 1.82) is 0 Å². The maximum atomic E-state index is 12.1. The van der Waals surface area contributed by atoms with Gasteiger partial charge in [0, 0.05) is 12.1 Å². The minimum atomic E-state index is -1.66. The third-order valence-corrected chi connectivity index (χ3v) is 4.97. The summed E-state index contributed by atoms with van der Waals surface area (Å²) in [5.74, 6) is -0.577. The van der Waals surface area contributed by atoms with Crippen molar-refractivity contribution in [3.05, 3.63) is 79.2 Å². The third kappa shape index (κ3) is 6.66. The zero-order valence-corrected chi connectivity index (χ0v) is 17.4. The molecule has 162 valence electrons. The van der Waals surface area contributed by atoms with Crippen LogP contribution >= 0.6 is 0 Å². The van der Waals surface area contributed by atoms with Crippen molar-refractivity contribution >= 4 is 40.5 Å². The Morgan fingerprint density at radius 1 is 0.935 bits per heavy atom. The summed E-state index contributed by atoms with van der Waals surface area (Å²) in [5.41, 5.74) is 0.363. The van der Waals surface area contributed by atoms with Gasteiger partial charge in [-0.15, -0.1) is 0 Å². The van der Waals surface area contributed by atoms with E-state index in [-0.39, 0.29) is 28.6 Å².